The third-order valence-electron chi connectivity index (χ3n) is 4.57. The zero-order valence-corrected chi connectivity index (χ0v) is 17.0. The van der Waals surface area contributed by atoms with Crippen LogP contribution in [0, 0.1) is 0 Å². The number of hydrogen-bond donors (Lipinski definition) is 1. The van der Waals surface area contributed by atoms with Gasteiger partial charge in [0, 0.05) is 18.7 Å². The molecule has 3 rings (SSSR count). The summed E-state index contributed by atoms with van der Waals surface area (Å²) in [6.07, 6.45) is 0. The lowest BCUT2D eigenvalue weighted by molar-refractivity contribution is -0.128. The Hall–Kier alpha value is -2.74. The highest BCUT2D eigenvalue weighted by Gasteiger charge is 2.37. The van der Waals surface area contributed by atoms with Crippen molar-refractivity contribution in [2.75, 3.05) is 34.2 Å². The SMILES string of the molecule is COc1cc(OC)c(C2SCC(=O)N2Cc2ccc(O)c(OC)c2)c(OC)c1. The molecule has 1 aliphatic heterocycles. The summed E-state index contributed by atoms with van der Waals surface area (Å²) < 4.78 is 21.6. The minimum atomic E-state index is -0.275. The molecule has 2 aromatic rings. The standard InChI is InChI=1S/C20H23NO6S/c1-24-13-8-16(26-3)19(17(9-13)27-4)20-21(18(23)11-28-20)10-12-5-6-14(22)15(7-12)25-2/h5-9,20,22H,10-11H2,1-4H3. The molecule has 28 heavy (non-hydrogen) atoms. The predicted octanol–water partition coefficient (Wildman–Crippen LogP) is 3.20. The number of carbonyl (C=O) groups excluding carboxylic acids is 1. The number of methoxy groups -OCH3 is 4. The molecular formula is C20H23NO6S. The highest BCUT2D eigenvalue weighted by molar-refractivity contribution is 8.00. The van der Waals surface area contributed by atoms with Crippen LogP contribution in [0.15, 0.2) is 30.3 Å². The number of aromatic hydroxyl groups is 1. The van der Waals surface area contributed by atoms with Gasteiger partial charge in [-0.2, -0.15) is 0 Å². The van der Waals surface area contributed by atoms with E-state index in [1.54, 1.807) is 56.6 Å². The monoisotopic (exact) mass is 405 g/mol. The molecule has 0 spiro atoms. The van der Waals surface area contributed by atoms with Crippen LogP contribution >= 0.6 is 11.8 Å². The van der Waals surface area contributed by atoms with Gasteiger partial charge in [-0.1, -0.05) is 6.07 Å². The molecule has 1 N–H and O–H groups in total. The van der Waals surface area contributed by atoms with Gasteiger partial charge < -0.3 is 29.0 Å². The Morgan fingerprint density at radius 2 is 1.64 bits per heavy atom. The molecule has 150 valence electrons. The first-order valence-electron chi connectivity index (χ1n) is 8.59. The van der Waals surface area contributed by atoms with Crippen molar-refractivity contribution < 1.29 is 28.8 Å². The van der Waals surface area contributed by atoms with Crippen LogP contribution in [0.2, 0.25) is 0 Å². The highest BCUT2D eigenvalue weighted by Crippen LogP contribution is 2.48. The van der Waals surface area contributed by atoms with E-state index in [9.17, 15) is 9.90 Å². The van der Waals surface area contributed by atoms with Crippen LogP contribution in [0.1, 0.15) is 16.5 Å². The van der Waals surface area contributed by atoms with E-state index in [-0.39, 0.29) is 17.0 Å². The van der Waals surface area contributed by atoms with Crippen molar-refractivity contribution in [1.29, 1.82) is 0 Å². The summed E-state index contributed by atoms with van der Waals surface area (Å²) in [6, 6.07) is 8.62. The summed E-state index contributed by atoms with van der Waals surface area (Å²) in [4.78, 5) is 14.4. The molecule has 0 saturated carbocycles. The summed E-state index contributed by atoms with van der Waals surface area (Å²) in [5.74, 6) is 2.60. The van der Waals surface area contributed by atoms with Gasteiger partial charge >= 0.3 is 0 Å². The average molecular weight is 405 g/mol. The van der Waals surface area contributed by atoms with Gasteiger partial charge in [0.1, 0.15) is 22.6 Å². The Labute approximate surface area is 168 Å². The third-order valence-corrected chi connectivity index (χ3v) is 5.78. The number of phenols is 1. The highest BCUT2D eigenvalue weighted by atomic mass is 32.2. The molecule has 1 heterocycles. The third kappa shape index (κ3) is 3.77. The summed E-state index contributed by atoms with van der Waals surface area (Å²) in [6.45, 7) is 0.367. The molecule has 0 aromatic heterocycles. The first-order valence-corrected chi connectivity index (χ1v) is 9.64. The molecule has 8 heteroatoms. The van der Waals surface area contributed by atoms with Crippen LogP contribution in [0.5, 0.6) is 28.7 Å². The molecule has 2 aromatic carbocycles. The van der Waals surface area contributed by atoms with Crippen molar-refractivity contribution in [2.24, 2.45) is 0 Å². The van der Waals surface area contributed by atoms with Crippen LogP contribution in [-0.2, 0) is 11.3 Å². The average Bonchev–Trinajstić information content (AvgIpc) is 3.07. The fourth-order valence-corrected chi connectivity index (χ4v) is 4.39. The number of nitrogens with zero attached hydrogens (tertiary/aromatic N) is 1. The predicted molar refractivity (Wildman–Crippen MR) is 107 cm³/mol. The number of thioether (sulfide) groups is 1. The maximum atomic E-state index is 12.6. The molecule has 0 radical (unpaired) electrons. The number of rotatable bonds is 7. The molecule has 0 aliphatic carbocycles. The van der Waals surface area contributed by atoms with Gasteiger partial charge in [-0.05, 0) is 17.7 Å². The smallest absolute Gasteiger partial charge is 0.234 e. The lowest BCUT2D eigenvalue weighted by Gasteiger charge is -2.27. The van der Waals surface area contributed by atoms with Crippen molar-refractivity contribution >= 4 is 17.7 Å². The van der Waals surface area contributed by atoms with Crippen molar-refractivity contribution in [3.63, 3.8) is 0 Å². The van der Waals surface area contributed by atoms with Gasteiger partial charge in [-0.3, -0.25) is 4.79 Å². The number of amides is 1. The van der Waals surface area contributed by atoms with E-state index in [0.29, 0.717) is 35.3 Å². The fourth-order valence-electron chi connectivity index (χ4n) is 3.16. The van der Waals surface area contributed by atoms with Gasteiger partial charge in [0.2, 0.25) is 5.91 Å². The number of carbonyl (C=O) groups is 1. The molecule has 1 saturated heterocycles. The van der Waals surface area contributed by atoms with E-state index in [4.69, 9.17) is 18.9 Å². The molecule has 1 aliphatic rings. The van der Waals surface area contributed by atoms with Crippen LogP contribution in [0.3, 0.4) is 0 Å². The Bertz CT molecular complexity index is 847. The van der Waals surface area contributed by atoms with E-state index < -0.39 is 0 Å². The number of benzene rings is 2. The molecule has 1 amide bonds. The van der Waals surface area contributed by atoms with E-state index in [2.05, 4.69) is 0 Å². The molecule has 7 nitrogen and oxygen atoms in total. The lowest BCUT2D eigenvalue weighted by Crippen LogP contribution is -2.28. The normalized spacial score (nSPS) is 16.2. The minimum Gasteiger partial charge on any atom is -0.504 e. The second-order valence-electron chi connectivity index (χ2n) is 6.14. The zero-order chi connectivity index (χ0) is 20.3. The van der Waals surface area contributed by atoms with E-state index in [0.717, 1.165) is 11.1 Å². The maximum absolute atomic E-state index is 12.6. The van der Waals surface area contributed by atoms with Crippen molar-refractivity contribution in [3.05, 3.63) is 41.5 Å². The largest absolute Gasteiger partial charge is 0.504 e. The Kier molecular flexibility index (Phi) is 6.08. The summed E-state index contributed by atoms with van der Waals surface area (Å²) in [5.41, 5.74) is 1.63. The molecule has 1 unspecified atom stereocenters. The second kappa shape index (κ2) is 8.52. The first-order chi connectivity index (χ1) is 13.5. The van der Waals surface area contributed by atoms with Crippen LogP contribution in [0.25, 0.3) is 0 Å². The zero-order valence-electron chi connectivity index (χ0n) is 16.2. The van der Waals surface area contributed by atoms with E-state index in [1.807, 2.05) is 0 Å². The summed E-state index contributed by atoms with van der Waals surface area (Å²) in [7, 11) is 6.22. The van der Waals surface area contributed by atoms with Gasteiger partial charge in [0.05, 0.1) is 39.8 Å². The first kappa shape index (κ1) is 20.0. The van der Waals surface area contributed by atoms with Crippen LogP contribution < -0.4 is 18.9 Å². The van der Waals surface area contributed by atoms with E-state index >= 15 is 0 Å². The van der Waals surface area contributed by atoms with Gasteiger partial charge in [0.25, 0.3) is 0 Å². The van der Waals surface area contributed by atoms with Gasteiger partial charge in [-0.15, -0.1) is 11.8 Å². The minimum absolute atomic E-state index is 0.0157. The topological polar surface area (TPSA) is 77.5 Å². The van der Waals surface area contributed by atoms with Crippen molar-refractivity contribution in [2.45, 2.75) is 11.9 Å². The fraction of sp³-hybridized carbons (Fsp3) is 0.350. The lowest BCUT2D eigenvalue weighted by atomic mass is 10.1. The molecule has 1 atom stereocenters. The Balaban J connectivity index is 1.99. The van der Waals surface area contributed by atoms with Gasteiger partial charge in [-0.25, -0.2) is 0 Å². The van der Waals surface area contributed by atoms with Crippen molar-refractivity contribution in [1.82, 2.24) is 4.90 Å². The van der Waals surface area contributed by atoms with Crippen molar-refractivity contribution in [3.8, 4) is 28.7 Å². The Morgan fingerprint density at radius 3 is 2.21 bits per heavy atom. The molecular weight excluding hydrogens is 382 g/mol. The van der Waals surface area contributed by atoms with Crippen LogP contribution in [-0.4, -0.2) is 50.1 Å². The second-order valence-corrected chi connectivity index (χ2v) is 7.21. The Morgan fingerprint density at radius 1 is 1.00 bits per heavy atom. The summed E-state index contributed by atoms with van der Waals surface area (Å²) >= 11 is 1.51. The van der Waals surface area contributed by atoms with Gasteiger partial charge in [0.15, 0.2) is 11.5 Å². The number of hydrogen-bond acceptors (Lipinski definition) is 7. The molecule has 1 fully saturated rings. The summed E-state index contributed by atoms with van der Waals surface area (Å²) in [5, 5.41) is 9.53. The van der Waals surface area contributed by atoms with Crippen LogP contribution in [0.4, 0.5) is 0 Å². The number of phenolic OH excluding ortho intramolecular Hbond substituents is 1. The number of ether oxygens (including phenoxy) is 4. The maximum Gasteiger partial charge on any atom is 0.234 e. The quantitative estimate of drug-likeness (QED) is 0.758. The molecule has 0 bridgehead atoms. The van der Waals surface area contributed by atoms with E-state index in [1.165, 1.54) is 18.9 Å².